The highest BCUT2D eigenvalue weighted by Crippen LogP contribution is 2.32. The molecular formula is C9H8ClF2NO3. The summed E-state index contributed by atoms with van der Waals surface area (Å²) >= 11 is 5.28. The molecule has 0 radical (unpaired) electrons. The van der Waals surface area contributed by atoms with Gasteiger partial charge in [-0.2, -0.15) is 0 Å². The number of nitrogens with zero attached hydrogens (tertiary/aromatic N) is 1. The molecule has 0 saturated heterocycles. The molecule has 0 aromatic carbocycles. The largest absolute Gasteiger partial charge is 0.496 e. The molecule has 0 fully saturated rings. The first-order chi connectivity index (χ1) is 7.51. The Morgan fingerprint density at radius 2 is 2.06 bits per heavy atom. The Bertz CT molecular complexity index is 387. The molecular weight excluding hydrogens is 244 g/mol. The van der Waals surface area contributed by atoms with E-state index in [0.29, 0.717) is 0 Å². The molecule has 0 aliphatic heterocycles. The van der Waals surface area contributed by atoms with Crippen LogP contribution < -0.4 is 9.47 Å². The maximum Gasteiger partial charge on any atom is 0.280 e. The SMILES string of the molecule is COc1cc(C(F)F)nc(OC)c1C(=O)Cl. The van der Waals surface area contributed by atoms with Crippen LogP contribution in [0.5, 0.6) is 11.6 Å². The Labute approximate surface area is 95.1 Å². The van der Waals surface area contributed by atoms with Crippen molar-refractivity contribution in [1.82, 2.24) is 4.98 Å². The van der Waals surface area contributed by atoms with Crippen molar-refractivity contribution >= 4 is 16.8 Å². The summed E-state index contributed by atoms with van der Waals surface area (Å²) in [6.07, 6.45) is -2.79. The van der Waals surface area contributed by atoms with E-state index in [-0.39, 0.29) is 17.2 Å². The fourth-order valence-corrected chi connectivity index (χ4v) is 1.29. The van der Waals surface area contributed by atoms with E-state index >= 15 is 0 Å². The third kappa shape index (κ3) is 2.38. The second-order valence-corrected chi connectivity index (χ2v) is 3.05. The van der Waals surface area contributed by atoms with Crippen LogP contribution in [0.25, 0.3) is 0 Å². The summed E-state index contributed by atoms with van der Waals surface area (Å²) in [4.78, 5) is 14.5. The molecule has 0 aliphatic carbocycles. The zero-order valence-corrected chi connectivity index (χ0v) is 9.22. The summed E-state index contributed by atoms with van der Waals surface area (Å²) in [5, 5.41) is -0.887. The van der Waals surface area contributed by atoms with Gasteiger partial charge in [0.2, 0.25) is 5.88 Å². The average Bonchev–Trinajstić information content (AvgIpc) is 2.26. The van der Waals surface area contributed by atoms with Crippen molar-refractivity contribution in [1.29, 1.82) is 0 Å². The van der Waals surface area contributed by atoms with Gasteiger partial charge in [-0.15, -0.1) is 0 Å². The van der Waals surface area contributed by atoms with Crippen LogP contribution in [0.4, 0.5) is 8.78 Å². The predicted octanol–water partition coefficient (Wildman–Crippen LogP) is 2.42. The minimum absolute atomic E-state index is 0.0952. The second kappa shape index (κ2) is 5.07. The lowest BCUT2D eigenvalue weighted by molar-refractivity contribution is 0.107. The number of methoxy groups -OCH3 is 2. The lowest BCUT2D eigenvalue weighted by Gasteiger charge is -2.11. The fourth-order valence-electron chi connectivity index (χ4n) is 1.12. The van der Waals surface area contributed by atoms with Crippen molar-refractivity contribution in [2.45, 2.75) is 6.43 Å². The van der Waals surface area contributed by atoms with Gasteiger partial charge in [-0.3, -0.25) is 4.79 Å². The van der Waals surface area contributed by atoms with Crippen molar-refractivity contribution in [2.75, 3.05) is 14.2 Å². The first-order valence-corrected chi connectivity index (χ1v) is 4.50. The van der Waals surface area contributed by atoms with Gasteiger partial charge in [-0.1, -0.05) is 0 Å². The van der Waals surface area contributed by atoms with Gasteiger partial charge >= 0.3 is 0 Å². The monoisotopic (exact) mass is 251 g/mol. The number of hydrogen-bond acceptors (Lipinski definition) is 4. The van der Waals surface area contributed by atoms with Crippen LogP contribution in [-0.4, -0.2) is 24.4 Å². The van der Waals surface area contributed by atoms with E-state index in [1.165, 1.54) is 14.2 Å². The Kier molecular flexibility index (Phi) is 4.00. The molecule has 0 saturated carbocycles. The Morgan fingerprint density at radius 1 is 1.44 bits per heavy atom. The van der Waals surface area contributed by atoms with E-state index in [4.69, 9.17) is 21.1 Å². The van der Waals surface area contributed by atoms with Crippen molar-refractivity contribution < 1.29 is 23.0 Å². The maximum absolute atomic E-state index is 12.4. The quantitative estimate of drug-likeness (QED) is 0.771. The van der Waals surface area contributed by atoms with Gasteiger partial charge in [0.25, 0.3) is 11.7 Å². The topological polar surface area (TPSA) is 48.4 Å². The van der Waals surface area contributed by atoms with Gasteiger partial charge in [0.05, 0.1) is 14.2 Å². The third-order valence-corrected chi connectivity index (χ3v) is 1.99. The van der Waals surface area contributed by atoms with Crippen molar-refractivity contribution in [3.63, 3.8) is 0 Å². The van der Waals surface area contributed by atoms with Crippen molar-refractivity contribution in [3.8, 4) is 11.6 Å². The maximum atomic E-state index is 12.4. The van der Waals surface area contributed by atoms with Crippen LogP contribution >= 0.6 is 11.6 Å². The number of pyridine rings is 1. The lowest BCUT2D eigenvalue weighted by atomic mass is 10.2. The number of carbonyl (C=O) groups is 1. The second-order valence-electron chi connectivity index (χ2n) is 2.71. The number of alkyl halides is 2. The number of aromatic nitrogens is 1. The summed E-state index contributed by atoms with van der Waals surface area (Å²) in [5.74, 6) is -0.378. The first kappa shape index (κ1) is 12.6. The molecule has 88 valence electrons. The molecule has 1 heterocycles. The number of halogens is 3. The van der Waals surface area contributed by atoms with E-state index in [1.807, 2.05) is 0 Å². The van der Waals surface area contributed by atoms with E-state index < -0.39 is 17.4 Å². The smallest absolute Gasteiger partial charge is 0.280 e. The van der Waals surface area contributed by atoms with Gasteiger partial charge in [0.1, 0.15) is 17.0 Å². The van der Waals surface area contributed by atoms with Crippen molar-refractivity contribution in [2.24, 2.45) is 0 Å². The molecule has 1 aromatic rings. The van der Waals surface area contributed by atoms with Gasteiger partial charge in [0.15, 0.2) is 0 Å². The number of ether oxygens (including phenoxy) is 2. The summed E-state index contributed by atoms with van der Waals surface area (Å²) < 4.78 is 34.4. The van der Waals surface area contributed by atoms with Crippen LogP contribution in [0.2, 0.25) is 0 Å². The van der Waals surface area contributed by atoms with Crippen LogP contribution in [-0.2, 0) is 0 Å². The van der Waals surface area contributed by atoms with Gasteiger partial charge in [-0.05, 0) is 11.6 Å². The molecule has 0 atom stereocenters. The van der Waals surface area contributed by atoms with Gasteiger partial charge < -0.3 is 9.47 Å². The summed E-state index contributed by atoms with van der Waals surface area (Å²) in [6, 6.07) is 0.947. The zero-order chi connectivity index (χ0) is 12.3. The van der Waals surface area contributed by atoms with E-state index in [1.54, 1.807) is 0 Å². The number of carbonyl (C=O) groups excluding carboxylic acids is 1. The molecule has 16 heavy (non-hydrogen) atoms. The van der Waals surface area contributed by atoms with E-state index in [0.717, 1.165) is 6.07 Å². The Balaban J connectivity index is 3.43. The minimum atomic E-state index is -2.79. The highest BCUT2D eigenvalue weighted by Gasteiger charge is 2.22. The molecule has 1 aromatic heterocycles. The standard InChI is InChI=1S/C9H8ClF2NO3/c1-15-5-3-4(8(11)12)13-9(16-2)6(5)7(10)14/h3,8H,1-2H3. The predicted molar refractivity (Wildman–Crippen MR) is 52.5 cm³/mol. The molecule has 0 spiro atoms. The van der Waals surface area contributed by atoms with Gasteiger partial charge in [0, 0.05) is 6.07 Å². The van der Waals surface area contributed by atoms with Crippen LogP contribution in [0.1, 0.15) is 22.5 Å². The highest BCUT2D eigenvalue weighted by molar-refractivity contribution is 6.68. The molecule has 0 bridgehead atoms. The van der Waals surface area contributed by atoms with Crippen LogP contribution in [0.15, 0.2) is 6.07 Å². The molecule has 0 N–H and O–H groups in total. The summed E-state index contributed by atoms with van der Waals surface area (Å²) in [5.41, 5.74) is -0.716. The zero-order valence-electron chi connectivity index (χ0n) is 8.46. The van der Waals surface area contributed by atoms with Gasteiger partial charge in [-0.25, -0.2) is 13.8 Å². The molecule has 0 amide bonds. The summed E-state index contributed by atoms with van der Waals surface area (Å²) in [7, 11) is 2.42. The average molecular weight is 252 g/mol. The first-order valence-electron chi connectivity index (χ1n) is 4.12. The number of hydrogen-bond donors (Lipinski definition) is 0. The third-order valence-electron chi connectivity index (χ3n) is 1.80. The highest BCUT2D eigenvalue weighted by atomic mass is 35.5. The minimum Gasteiger partial charge on any atom is -0.496 e. The Hall–Kier alpha value is -1.43. The van der Waals surface area contributed by atoms with E-state index in [9.17, 15) is 13.6 Å². The normalized spacial score (nSPS) is 10.4. The summed E-state index contributed by atoms with van der Waals surface area (Å²) in [6.45, 7) is 0. The fraction of sp³-hybridized carbons (Fsp3) is 0.333. The molecule has 7 heteroatoms. The number of rotatable bonds is 4. The Morgan fingerprint density at radius 3 is 2.44 bits per heavy atom. The van der Waals surface area contributed by atoms with Crippen LogP contribution in [0, 0.1) is 0 Å². The molecule has 4 nitrogen and oxygen atoms in total. The van der Waals surface area contributed by atoms with E-state index in [2.05, 4.69) is 4.98 Å². The molecule has 1 rings (SSSR count). The van der Waals surface area contributed by atoms with Crippen molar-refractivity contribution in [3.05, 3.63) is 17.3 Å². The lowest BCUT2D eigenvalue weighted by Crippen LogP contribution is -2.05. The van der Waals surface area contributed by atoms with Crippen LogP contribution in [0.3, 0.4) is 0 Å². The molecule has 0 unspecified atom stereocenters. The molecule has 0 aliphatic rings.